The van der Waals surface area contributed by atoms with Gasteiger partial charge in [0, 0.05) is 60.9 Å². The smallest absolute Gasteiger partial charge is 0.338 e. The third-order valence-electron chi connectivity index (χ3n) is 8.17. The molecule has 4 aromatic carbocycles. The van der Waals surface area contributed by atoms with Gasteiger partial charge in [0.05, 0.1) is 22.3 Å². The van der Waals surface area contributed by atoms with Crippen LogP contribution in [0.3, 0.4) is 0 Å². The van der Waals surface area contributed by atoms with Crippen molar-refractivity contribution in [2.24, 2.45) is 0 Å². The summed E-state index contributed by atoms with van der Waals surface area (Å²) in [5.41, 5.74) is 2.69. The summed E-state index contributed by atoms with van der Waals surface area (Å²) in [4.78, 5) is 51.3. The highest BCUT2D eigenvalue weighted by Crippen LogP contribution is 2.12. The summed E-state index contributed by atoms with van der Waals surface area (Å²) < 4.78 is 25.9. The Kier molecular flexibility index (Phi) is 22.2. The Balaban J connectivity index is 1.49. The molecule has 0 aliphatic heterocycles. The van der Waals surface area contributed by atoms with Gasteiger partial charge in [0.2, 0.25) is 0 Å². The summed E-state index contributed by atoms with van der Waals surface area (Å²) in [6.07, 6.45) is 5.77. The van der Waals surface area contributed by atoms with E-state index in [0.29, 0.717) is 44.5 Å². The Morgan fingerprint density at radius 2 is 0.500 bits per heavy atom. The quantitative estimate of drug-likeness (QED) is 0.0599. The first-order valence-electron chi connectivity index (χ1n) is 19.6. The van der Waals surface area contributed by atoms with Gasteiger partial charge in [-0.25, -0.2) is 19.2 Å². The number of esters is 4. The van der Waals surface area contributed by atoms with Crippen molar-refractivity contribution >= 4 is 114 Å². The molecule has 0 heterocycles. The zero-order chi connectivity index (χ0) is 48.4. The molecule has 1 aliphatic rings. The Bertz CT molecular complexity index is 2800. The number of rotatable bonds is 12. The van der Waals surface area contributed by atoms with Crippen LogP contribution in [0, 0.1) is 109 Å². The molecule has 0 N–H and O–H groups in total. The average molecular weight is 1340 g/mol. The van der Waals surface area contributed by atoms with Gasteiger partial charge >= 0.3 is 23.9 Å². The molecule has 1 aliphatic carbocycles. The molecule has 0 atom stereocenters. The second kappa shape index (κ2) is 29.0. The van der Waals surface area contributed by atoms with E-state index in [1.165, 1.54) is 24.3 Å². The number of hydrogen-bond acceptors (Lipinski definition) is 8. The van der Waals surface area contributed by atoms with Crippen LogP contribution in [0.25, 0.3) is 0 Å². The van der Waals surface area contributed by atoms with Gasteiger partial charge in [0.25, 0.3) is 0 Å². The number of benzene rings is 4. The molecule has 0 saturated heterocycles. The third-order valence-corrected chi connectivity index (χ3v) is 11.0. The van der Waals surface area contributed by atoms with Gasteiger partial charge in [-0.3, -0.25) is 0 Å². The SMILES string of the molecule is O=C(OC/C1=C\C#CC#C/C=C(/COC(=O)c2ccc(I)cc2)C#CC#C/C(COC(=O)c2ccc(I)cc2)=C\C#CC#C/C=C(/COC(=O)c2ccc(I)cc2)C#CC#C1)c1ccc(I)cc1. The van der Waals surface area contributed by atoms with E-state index in [0.717, 1.165) is 14.3 Å². The van der Waals surface area contributed by atoms with Crippen LogP contribution in [0.4, 0.5) is 0 Å². The van der Waals surface area contributed by atoms with Crippen LogP contribution in [0.5, 0.6) is 0 Å². The summed E-state index contributed by atoms with van der Waals surface area (Å²) in [7, 11) is 0. The van der Waals surface area contributed by atoms with Gasteiger partial charge in [-0.2, -0.15) is 0 Å². The third kappa shape index (κ3) is 19.5. The molecule has 5 rings (SSSR count). The highest BCUT2D eigenvalue weighted by Gasteiger charge is 2.11. The van der Waals surface area contributed by atoms with Crippen molar-refractivity contribution in [3.8, 4) is 94.7 Å². The summed E-state index contributed by atoms with van der Waals surface area (Å²) >= 11 is 8.56. The van der Waals surface area contributed by atoms with Gasteiger partial charge in [-0.1, -0.05) is 47.4 Å². The van der Waals surface area contributed by atoms with Crippen LogP contribution in [0.1, 0.15) is 41.4 Å². The molecule has 0 aromatic heterocycles. The number of ether oxygens (including phenoxy) is 4. The summed E-state index contributed by atoms with van der Waals surface area (Å²) in [5.74, 6) is 42.2. The first kappa shape index (κ1) is 52.1. The van der Waals surface area contributed by atoms with E-state index in [1.807, 2.05) is 0 Å². The molecule has 0 fully saturated rings. The van der Waals surface area contributed by atoms with Crippen molar-refractivity contribution < 1.29 is 38.1 Å². The number of allylic oxidation sites excluding steroid dienone is 4. The highest BCUT2D eigenvalue weighted by atomic mass is 127. The maximum atomic E-state index is 12.8. The topological polar surface area (TPSA) is 105 Å². The van der Waals surface area contributed by atoms with E-state index in [2.05, 4.69) is 185 Å². The molecule has 0 spiro atoms. The van der Waals surface area contributed by atoms with Gasteiger partial charge in [0.1, 0.15) is 26.4 Å². The predicted molar refractivity (Wildman–Crippen MR) is 292 cm³/mol. The Morgan fingerprint density at radius 3 is 0.691 bits per heavy atom. The molecule has 0 radical (unpaired) electrons. The lowest BCUT2D eigenvalue weighted by atomic mass is 10.2. The molecule has 0 saturated carbocycles. The van der Waals surface area contributed by atoms with Gasteiger partial charge in [-0.15, -0.1) is 0 Å². The molecule has 0 bridgehead atoms. The second-order valence-electron chi connectivity index (χ2n) is 13.1. The largest absolute Gasteiger partial charge is 0.457 e. The summed E-state index contributed by atoms with van der Waals surface area (Å²) in [6.45, 7) is -0.890. The molecule has 68 heavy (non-hydrogen) atoms. The fourth-order valence-corrected chi connectivity index (χ4v) is 6.23. The monoisotopic (exact) mass is 1340 g/mol. The molecular formula is C56H28I4O8. The molecule has 328 valence electrons. The fraction of sp³-hybridized carbons (Fsp3) is 0.0714. The first-order valence-corrected chi connectivity index (χ1v) is 23.9. The Morgan fingerprint density at radius 1 is 0.309 bits per heavy atom. The number of carbonyl (C=O) groups is 4. The van der Waals surface area contributed by atoms with Crippen molar-refractivity contribution in [3.05, 3.63) is 180 Å². The van der Waals surface area contributed by atoms with Gasteiger partial charge in [-0.05, 0) is 235 Å². The van der Waals surface area contributed by atoms with Gasteiger partial charge in [0.15, 0.2) is 0 Å². The molecule has 4 aromatic rings. The summed E-state index contributed by atoms with van der Waals surface area (Å²) in [6, 6.07) is 27.5. The molecular weight excluding hydrogens is 1310 g/mol. The lowest BCUT2D eigenvalue weighted by Gasteiger charge is -2.04. The minimum absolute atomic E-state index is 0.222. The normalized spacial score (nSPS) is 14.5. The van der Waals surface area contributed by atoms with E-state index >= 15 is 0 Å². The van der Waals surface area contributed by atoms with E-state index in [4.69, 9.17) is 18.9 Å². The molecule has 0 amide bonds. The van der Waals surface area contributed by atoms with Crippen molar-refractivity contribution in [1.29, 1.82) is 0 Å². The second-order valence-corrected chi connectivity index (χ2v) is 18.1. The van der Waals surface area contributed by atoms with Crippen LogP contribution >= 0.6 is 90.4 Å². The number of halogens is 4. The zero-order valence-electron chi connectivity index (χ0n) is 35.2. The average Bonchev–Trinajstić information content (AvgIpc) is 3.34. The number of carbonyl (C=O) groups excluding carboxylic acids is 4. The van der Waals surface area contributed by atoms with Crippen LogP contribution in [0.2, 0.25) is 0 Å². The lowest BCUT2D eigenvalue weighted by molar-refractivity contribution is 0.0534. The van der Waals surface area contributed by atoms with Crippen LogP contribution in [-0.4, -0.2) is 50.3 Å². The van der Waals surface area contributed by atoms with Crippen molar-refractivity contribution in [2.75, 3.05) is 26.4 Å². The predicted octanol–water partition coefficient (Wildman–Crippen LogP) is 9.58. The van der Waals surface area contributed by atoms with E-state index in [1.54, 1.807) is 97.1 Å². The first-order chi connectivity index (χ1) is 33.0. The fourth-order valence-electron chi connectivity index (χ4n) is 4.79. The van der Waals surface area contributed by atoms with Crippen LogP contribution in [-0.2, 0) is 18.9 Å². The molecule has 0 unspecified atom stereocenters. The van der Waals surface area contributed by atoms with Crippen LogP contribution in [0.15, 0.2) is 144 Å². The van der Waals surface area contributed by atoms with Crippen LogP contribution < -0.4 is 0 Å². The van der Waals surface area contributed by atoms with E-state index in [9.17, 15) is 19.2 Å². The summed E-state index contributed by atoms with van der Waals surface area (Å²) in [5, 5.41) is 0. The van der Waals surface area contributed by atoms with E-state index < -0.39 is 23.9 Å². The van der Waals surface area contributed by atoms with Crippen molar-refractivity contribution in [2.45, 2.75) is 0 Å². The standard InChI is InChI=1S/C56H28I4O8/c57-49-29-21-45(22-30-49)53(61)65-37-41-13-5-1-2-6-14-42(38-66-54(62)46-23-31-50(58)32-24-46)18-11-12-20-44(40-68-56(64)48-27-35-52(60)36-28-48)16-8-4-3-7-15-43(19-10-9-17-41)39-67-55(63)47-25-33-51(59)34-26-47/h13-16,21-36H,37-40H2/b41-13-,42-14+,43-15+,44-16+. The van der Waals surface area contributed by atoms with Crippen molar-refractivity contribution in [3.63, 3.8) is 0 Å². The molecule has 12 heteroatoms. The number of hydrogen-bond donors (Lipinski definition) is 0. The Labute approximate surface area is 449 Å². The highest BCUT2D eigenvalue weighted by molar-refractivity contribution is 14.1. The Hall–Kier alpha value is -6.88. The zero-order valence-corrected chi connectivity index (χ0v) is 43.8. The maximum absolute atomic E-state index is 12.8. The van der Waals surface area contributed by atoms with Crippen molar-refractivity contribution in [1.82, 2.24) is 0 Å². The van der Waals surface area contributed by atoms with E-state index in [-0.39, 0.29) is 26.4 Å². The molecule has 8 nitrogen and oxygen atoms in total. The maximum Gasteiger partial charge on any atom is 0.338 e. The minimum Gasteiger partial charge on any atom is -0.457 e. The lowest BCUT2D eigenvalue weighted by Crippen LogP contribution is -2.07. The van der Waals surface area contributed by atoms with Gasteiger partial charge < -0.3 is 18.9 Å². The minimum atomic E-state index is -0.561.